The van der Waals surface area contributed by atoms with Crippen molar-refractivity contribution >= 4 is 11.9 Å². The molecule has 1 fully saturated rings. The smallest absolute Gasteiger partial charge is 0.292 e. The van der Waals surface area contributed by atoms with Crippen molar-refractivity contribution in [3.8, 4) is 0 Å². The van der Waals surface area contributed by atoms with Gasteiger partial charge in [0.1, 0.15) is 11.2 Å². The summed E-state index contributed by atoms with van der Waals surface area (Å²) in [7, 11) is 0. The molecule has 172 valence electrons. The van der Waals surface area contributed by atoms with Crippen LogP contribution in [0.5, 0.6) is 0 Å². The van der Waals surface area contributed by atoms with Gasteiger partial charge in [0.2, 0.25) is 0 Å². The van der Waals surface area contributed by atoms with Crippen LogP contribution in [0.25, 0.3) is 0 Å². The molecule has 0 heterocycles. The van der Waals surface area contributed by atoms with E-state index in [1.165, 1.54) is 0 Å². The lowest BCUT2D eigenvalue weighted by Crippen LogP contribution is -2.56. The average Bonchev–Trinajstić information content (AvgIpc) is 2.83. The van der Waals surface area contributed by atoms with E-state index in [1.54, 1.807) is 24.3 Å². The van der Waals surface area contributed by atoms with Gasteiger partial charge < -0.3 is 0 Å². The van der Waals surface area contributed by atoms with Gasteiger partial charge in [0.15, 0.2) is 0 Å². The second-order valence-electron chi connectivity index (χ2n) is 8.68. The Hall–Kier alpha value is -2.70. The molecule has 2 aromatic rings. The number of hydrogen-bond donors (Lipinski definition) is 0. The Labute approximate surface area is 189 Å². The van der Waals surface area contributed by atoms with Crippen LogP contribution < -0.4 is 0 Å². The first kappa shape index (κ1) is 24.0. The second kappa shape index (κ2) is 10.3. The molecule has 0 N–H and O–H groups in total. The molecule has 0 aromatic heterocycles. The molecule has 0 saturated heterocycles. The van der Waals surface area contributed by atoms with Crippen molar-refractivity contribution < 1.29 is 29.1 Å². The number of carbonyl (C=O) groups is 2. The van der Waals surface area contributed by atoms with Crippen LogP contribution in [0.1, 0.15) is 85.2 Å². The minimum absolute atomic E-state index is 0.409. The van der Waals surface area contributed by atoms with Crippen LogP contribution in [-0.2, 0) is 32.4 Å². The zero-order valence-corrected chi connectivity index (χ0v) is 19.3. The molecule has 2 aromatic carbocycles. The summed E-state index contributed by atoms with van der Waals surface area (Å²) in [6.45, 7) is 7.72. The van der Waals surface area contributed by atoms with Crippen LogP contribution in [0.4, 0.5) is 0 Å². The predicted molar refractivity (Wildman–Crippen MR) is 120 cm³/mol. The summed E-state index contributed by atoms with van der Waals surface area (Å²) < 4.78 is 0. The van der Waals surface area contributed by atoms with Crippen molar-refractivity contribution in [1.82, 2.24) is 0 Å². The molecule has 1 aliphatic carbocycles. The normalized spacial score (nSPS) is 22.9. The van der Waals surface area contributed by atoms with Crippen LogP contribution in [0.3, 0.4) is 0 Å². The van der Waals surface area contributed by atoms with Gasteiger partial charge in [-0.1, -0.05) is 51.0 Å². The Morgan fingerprint density at radius 3 is 1.34 bits per heavy atom. The van der Waals surface area contributed by atoms with Crippen molar-refractivity contribution in [2.75, 3.05) is 0 Å². The Kier molecular flexibility index (Phi) is 7.69. The van der Waals surface area contributed by atoms with E-state index in [2.05, 4.69) is 0 Å². The van der Waals surface area contributed by atoms with Crippen LogP contribution in [-0.4, -0.2) is 23.1 Å². The van der Waals surface area contributed by atoms with Gasteiger partial charge in [0.05, 0.1) is 11.1 Å². The van der Waals surface area contributed by atoms with E-state index in [4.69, 9.17) is 19.6 Å². The fourth-order valence-electron chi connectivity index (χ4n) is 3.82. The maximum absolute atomic E-state index is 12.5. The molecule has 0 aliphatic heterocycles. The average molecular weight is 441 g/mol. The highest BCUT2D eigenvalue weighted by molar-refractivity contribution is 5.89. The van der Waals surface area contributed by atoms with Crippen molar-refractivity contribution in [2.45, 2.75) is 77.4 Å². The zero-order valence-electron chi connectivity index (χ0n) is 19.3. The second-order valence-corrected chi connectivity index (χ2v) is 8.68. The molecule has 0 radical (unpaired) electrons. The lowest BCUT2D eigenvalue weighted by Gasteiger charge is -2.45. The van der Waals surface area contributed by atoms with E-state index in [9.17, 15) is 9.59 Å². The largest absolute Gasteiger partial charge is 0.373 e. The summed E-state index contributed by atoms with van der Waals surface area (Å²) >= 11 is 0. The third kappa shape index (κ3) is 5.37. The number of benzene rings is 2. The maximum Gasteiger partial charge on any atom is 0.373 e. The Morgan fingerprint density at radius 2 is 1.03 bits per heavy atom. The van der Waals surface area contributed by atoms with Crippen molar-refractivity contribution in [3.63, 3.8) is 0 Å². The Bertz CT molecular complexity index is 843. The number of rotatable bonds is 8. The molecule has 6 heteroatoms. The lowest BCUT2D eigenvalue weighted by molar-refractivity contribution is -0.418. The molecular formula is C26H32O6. The standard InChI is InChI=1S/C26H32O6/c1-5-19-9-13-21(14-10-19)23(27)29-31-25(3)17-7-8-18-26(25,4)32-30-24(28)22-15-11-20(6-2)12-16-22/h9-16H,5-8,17-18H2,1-4H3. The molecule has 32 heavy (non-hydrogen) atoms. The van der Waals surface area contributed by atoms with Gasteiger partial charge in [0.25, 0.3) is 0 Å². The minimum Gasteiger partial charge on any atom is -0.292 e. The summed E-state index contributed by atoms with van der Waals surface area (Å²) in [6.07, 6.45) is 4.72. The van der Waals surface area contributed by atoms with Crippen LogP contribution in [0, 0.1) is 0 Å². The van der Waals surface area contributed by atoms with E-state index in [0.29, 0.717) is 24.0 Å². The molecule has 2 unspecified atom stereocenters. The molecule has 3 rings (SSSR count). The van der Waals surface area contributed by atoms with E-state index in [-0.39, 0.29) is 0 Å². The van der Waals surface area contributed by atoms with Crippen molar-refractivity contribution in [3.05, 3.63) is 70.8 Å². The minimum atomic E-state index is -0.976. The molecule has 0 spiro atoms. The summed E-state index contributed by atoms with van der Waals surface area (Å²) in [4.78, 5) is 46.7. The van der Waals surface area contributed by atoms with Crippen LogP contribution in [0.2, 0.25) is 0 Å². The van der Waals surface area contributed by atoms with E-state index in [0.717, 1.165) is 36.8 Å². The van der Waals surface area contributed by atoms with E-state index < -0.39 is 23.1 Å². The molecule has 6 nitrogen and oxygen atoms in total. The highest BCUT2D eigenvalue weighted by Crippen LogP contribution is 2.43. The van der Waals surface area contributed by atoms with E-state index >= 15 is 0 Å². The van der Waals surface area contributed by atoms with Gasteiger partial charge >= 0.3 is 11.9 Å². The van der Waals surface area contributed by atoms with Crippen molar-refractivity contribution in [1.29, 1.82) is 0 Å². The monoisotopic (exact) mass is 440 g/mol. The van der Waals surface area contributed by atoms with Crippen molar-refractivity contribution in [2.24, 2.45) is 0 Å². The summed E-state index contributed by atoms with van der Waals surface area (Å²) in [6, 6.07) is 14.4. The zero-order chi connectivity index (χ0) is 23.2. The van der Waals surface area contributed by atoms with Gasteiger partial charge in [-0.3, -0.25) is 9.78 Å². The first-order valence-electron chi connectivity index (χ1n) is 11.3. The molecule has 0 bridgehead atoms. The highest BCUT2D eigenvalue weighted by atomic mass is 17.2. The van der Waals surface area contributed by atoms with Gasteiger partial charge in [-0.15, -0.1) is 0 Å². The first-order valence-corrected chi connectivity index (χ1v) is 11.3. The van der Waals surface area contributed by atoms with Gasteiger partial charge in [-0.25, -0.2) is 9.59 Å². The van der Waals surface area contributed by atoms with Crippen LogP contribution in [0.15, 0.2) is 48.5 Å². The topological polar surface area (TPSA) is 71.1 Å². The number of aryl methyl sites for hydroxylation is 2. The van der Waals surface area contributed by atoms with E-state index in [1.807, 2.05) is 52.0 Å². The van der Waals surface area contributed by atoms with Gasteiger partial charge in [-0.2, -0.15) is 9.78 Å². The SMILES string of the molecule is CCc1ccc(C(=O)OOC2(C)CCCCC2(C)OOC(=O)c2ccc(CC)cc2)cc1. The molecule has 1 saturated carbocycles. The first-order chi connectivity index (χ1) is 15.3. The summed E-state index contributed by atoms with van der Waals surface area (Å²) in [5.41, 5.74) is 1.13. The quantitative estimate of drug-likeness (QED) is 0.383. The fourth-order valence-corrected chi connectivity index (χ4v) is 3.82. The Morgan fingerprint density at radius 1 is 0.688 bits per heavy atom. The Balaban J connectivity index is 1.64. The highest BCUT2D eigenvalue weighted by Gasteiger charge is 2.53. The van der Waals surface area contributed by atoms with Gasteiger partial charge in [0, 0.05) is 0 Å². The fraction of sp³-hybridized carbons (Fsp3) is 0.462. The summed E-state index contributed by atoms with van der Waals surface area (Å²) in [5.74, 6) is -1.15. The third-order valence-electron chi connectivity index (χ3n) is 6.47. The predicted octanol–water partition coefficient (Wildman–Crippen LogP) is 5.78. The molecular weight excluding hydrogens is 408 g/mol. The van der Waals surface area contributed by atoms with Gasteiger partial charge in [-0.05, 0) is 74.9 Å². The number of carbonyl (C=O) groups excluding carboxylic acids is 2. The lowest BCUT2D eigenvalue weighted by atomic mass is 9.74. The third-order valence-corrected chi connectivity index (χ3v) is 6.47. The maximum atomic E-state index is 12.5. The molecule has 0 amide bonds. The molecule has 1 aliphatic rings. The number of hydrogen-bond acceptors (Lipinski definition) is 6. The molecule has 2 atom stereocenters. The summed E-state index contributed by atoms with van der Waals surface area (Å²) in [5, 5.41) is 0. The van der Waals surface area contributed by atoms with Crippen LogP contribution >= 0.6 is 0 Å².